The van der Waals surface area contributed by atoms with Gasteiger partial charge < -0.3 is 5.32 Å². The molecule has 6 aromatic rings. The van der Waals surface area contributed by atoms with E-state index in [9.17, 15) is 9.59 Å². The first-order chi connectivity index (χ1) is 26.4. The number of anilines is 4. The van der Waals surface area contributed by atoms with Crippen LogP contribution in [0.1, 0.15) is 22.3 Å². The molecule has 3 aliphatic heterocycles. The number of amidine groups is 2. The summed E-state index contributed by atoms with van der Waals surface area (Å²) in [5, 5.41) is 4.78. The van der Waals surface area contributed by atoms with Gasteiger partial charge in [0.2, 0.25) is 0 Å². The first-order valence-electron chi connectivity index (χ1n) is 17.0. The SMILES string of the molecule is O=C1/C(=C/c2ccc(Cl)cc2)N=C(c2ccccc2)N1c1ccc2c(c1)Sc1cc(N3C(=O)/C(=C/c4ccc(Cl)cc4)N=C3c3ccccc3)ccc1N2. The van der Waals surface area contributed by atoms with Gasteiger partial charge in [-0.3, -0.25) is 19.4 Å². The quantitative estimate of drug-likeness (QED) is 0.171. The number of carbonyl (C=O) groups excluding carboxylic acids is 2. The Morgan fingerprint density at radius 1 is 0.519 bits per heavy atom. The van der Waals surface area contributed by atoms with Gasteiger partial charge in [0, 0.05) is 31.0 Å². The molecule has 54 heavy (non-hydrogen) atoms. The molecule has 1 N–H and O–H groups in total. The zero-order valence-corrected chi connectivity index (χ0v) is 30.6. The molecule has 0 fully saturated rings. The standard InChI is InChI=1S/C44H27Cl2N5O2S/c45-31-15-11-27(12-16-31)23-37-43(52)50(41(48-37)29-7-3-1-4-8-29)33-19-21-35-39(25-33)54-40-26-34(20-22-36(40)47-35)51-42(30-9-5-2-6-10-30)49-38(44(51)53)24-28-13-17-32(46)18-14-28/h1-26,47H/b37-23-,38-24-. The number of fused-ring (bicyclic) bond motifs is 2. The van der Waals surface area contributed by atoms with Crippen molar-refractivity contribution in [2.45, 2.75) is 9.79 Å². The normalized spacial score (nSPS) is 16.3. The number of amides is 2. The van der Waals surface area contributed by atoms with Gasteiger partial charge in [-0.1, -0.05) is 120 Å². The summed E-state index contributed by atoms with van der Waals surface area (Å²) in [4.78, 5) is 43.0. The van der Waals surface area contributed by atoms with Gasteiger partial charge in [-0.2, -0.15) is 0 Å². The zero-order chi connectivity index (χ0) is 36.8. The summed E-state index contributed by atoms with van der Waals surface area (Å²) < 4.78 is 0. The van der Waals surface area contributed by atoms with E-state index in [0.29, 0.717) is 44.5 Å². The van der Waals surface area contributed by atoms with Gasteiger partial charge >= 0.3 is 0 Å². The Morgan fingerprint density at radius 3 is 1.33 bits per heavy atom. The summed E-state index contributed by atoms with van der Waals surface area (Å²) in [6, 6.07) is 45.7. The van der Waals surface area contributed by atoms with Crippen LogP contribution in [-0.2, 0) is 9.59 Å². The highest BCUT2D eigenvalue weighted by molar-refractivity contribution is 7.99. The largest absolute Gasteiger partial charge is 0.354 e. The predicted octanol–water partition coefficient (Wildman–Crippen LogP) is 10.9. The molecule has 3 heterocycles. The minimum absolute atomic E-state index is 0.233. The molecule has 9 rings (SSSR count). The lowest BCUT2D eigenvalue weighted by molar-refractivity contribution is -0.114. The Hall–Kier alpha value is -6.19. The van der Waals surface area contributed by atoms with E-state index in [0.717, 1.165) is 43.4 Å². The third-order valence-corrected chi connectivity index (χ3v) is 10.7. The van der Waals surface area contributed by atoms with Gasteiger partial charge in [-0.15, -0.1) is 0 Å². The van der Waals surface area contributed by atoms with E-state index >= 15 is 0 Å². The number of carbonyl (C=O) groups is 2. The highest BCUT2D eigenvalue weighted by Crippen LogP contribution is 2.47. The van der Waals surface area contributed by atoms with E-state index in [1.54, 1.807) is 58.0 Å². The minimum Gasteiger partial charge on any atom is -0.354 e. The molecule has 0 aromatic heterocycles. The lowest BCUT2D eigenvalue weighted by atomic mass is 10.1. The topological polar surface area (TPSA) is 77.4 Å². The Kier molecular flexibility index (Phi) is 8.71. The van der Waals surface area contributed by atoms with Gasteiger partial charge in [-0.25, -0.2) is 9.98 Å². The number of halogens is 2. The van der Waals surface area contributed by atoms with Crippen LogP contribution in [0.25, 0.3) is 12.2 Å². The summed E-state index contributed by atoms with van der Waals surface area (Å²) in [7, 11) is 0. The molecule has 0 spiro atoms. The summed E-state index contributed by atoms with van der Waals surface area (Å²) in [5.41, 5.74) is 7.10. The van der Waals surface area contributed by atoms with Crippen molar-refractivity contribution >= 4 is 93.4 Å². The van der Waals surface area contributed by atoms with Crippen LogP contribution in [0.4, 0.5) is 22.7 Å². The number of hydrogen-bond donors (Lipinski definition) is 1. The average Bonchev–Trinajstić information content (AvgIpc) is 3.71. The molecule has 0 unspecified atom stereocenters. The molecule has 2 amide bonds. The van der Waals surface area contributed by atoms with E-state index in [1.165, 1.54) is 0 Å². The molecule has 0 radical (unpaired) electrons. The van der Waals surface area contributed by atoms with Crippen molar-refractivity contribution < 1.29 is 9.59 Å². The molecule has 10 heteroatoms. The highest BCUT2D eigenvalue weighted by atomic mass is 35.5. The van der Waals surface area contributed by atoms with Crippen molar-refractivity contribution in [2.24, 2.45) is 9.98 Å². The number of nitrogens with zero attached hydrogens (tertiary/aromatic N) is 4. The molecule has 7 nitrogen and oxygen atoms in total. The Balaban J connectivity index is 1.05. The van der Waals surface area contributed by atoms with Crippen molar-refractivity contribution in [2.75, 3.05) is 15.1 Å². The van der Waals surface area contributed by atoms with E-state index in [2.05, 4.69) is 5.32 Å². The Morgan fingerprint density at radius 2 is 0.926 bits per heavy atom. The van der Waals surface area contributed by atoms with Crippen LogP contribution in [0.3, 0.4) is 0 Å². The zero-order valence-electron chi connectivity index (χ0n) is 28.3. The van der Waals surface area contributed by atoms with Crippen molar-refractivity contribution in [1.29, 1.82) is 0 Å². The third kappa shape index (κ3) is 6.41. The van der Waals surface area contributed by atoms with Gasteiger partial charge in [0.15, 0.2) is 0 Å². The second-order valence-corrected chi connectivity index (χ2v) is 14.6. The lowest BCUT2D eigenvalue weighted by Gasteiger charge is -2.26. The maximum atomic E-state index is 14.1. The monoisotopic (exact) mass is 759 g/mol. The van der Waals surface area contributed by atoms with Gasteiger partial charge in [-0.05, 0) is 83.9 Å². The van der Waals surface area contributed by atoms with E-state index in [1.807, 2.05) is 121 Å². The smallest absolute Gasteiger partial charge is 0.282 e. The highest BCUT2D eigenvalue weighted by Gasteiger charge is 2.35. The fourth-order valence-electron chi connectivity index (χ4n) is 6.45. The predicted molar refractivity (Wildman–Crippen MR) is 220 cm³/mol. The Labute approximate surface area is 325 Å². The van der Waals surface area contributed by atoms with E-state index in [-0.39, 0.29) is 11.8 Å². The number of rotatable bonds is 6. The fourth-order valence-corrected chi connectivity index (χ4v) is 7.75. The molecule has 0 bridgehead atoms. The van der Waals surface area contributed by atoms with Crippen molar-refractivity contribution in [3.63, 3.8) is 0 Å². The van der Waals surface area contributed by atoms with Crippen molar-refractivity contribution in [1.82, 2.24) is 0 Å². The molecule has 0 aliphatic carbocycles. The second kappa shape index (κ2) is 14.0. The maximum Gasteiger partial charge on any atom is 0.282 e. The summed E-state index contributed by atoms with van der Waals surface area (Å²) in [6.45, 7) is 0. The van der Waals surface area contributed by atoms with Crippen LogP contribution in [0.15, 0.2) is 177 Å². The van der Waals surface area contributed by atoms with E-state index < -0.39 is 0 Å². The van der Waals surface area contributed by atoms with Crippen LogP contribution < -0.4 is 15.1 Å². The van der Waals surface area contributed by atoms with Crippen LogP contribution >= 0.6 is 35.0 Å². The van der Waals surface area contributed by atoms with E-state index in [4.69, 9.17) is 33.2 Å². The van der Waals surface area contributed by atoms with Crippen molar-refractivity contribution in [3.05, 3.63) is 189 Å². The molecule has 0 saturated carbocycles. The molecule has 3 aliphatic rings. The molecule has 0 atom stereocenters. The number of hydrogen-bond acceptors (Lipinski definition) is 6. The minimum atomic E-state index is -0.233. The summed E-state index contributed by atoms with van der Waals surface area (Å²) in [6.07, 6.45) is 3.55. The molecular formula is C44H27Cl2N5O2S. The van der Waals surface area contributed by atoms with Crippen molar-refractivity contribution in [3.8, 4) is 0 Å². The maximum absolute atomic E-state index is 14.1. The summed E-state index contributed by atoms with van der Waals surface area (Å²) >= 11 is 13.8. The van der Waals surface area contributed by atoms with Crippen LogP contribution in [0.5, 0.6) is 0 Å². The van der Waals surface area contributed by atoms with Crippen LogP contribution in [0, 0.1) is 0 Å². The van der Waals surface area contributed by atoms with Gasteiger partial charge in [0.25, 0.3) is 11.8 Å². The van der Waals surface area contributed by atoms with Crippen LogP contribution in [-0.4, -0.2) is 23.5 Å². The lowest BCUT2D eigenvalue weighted by Crippen LogP contribution is -2.32. The summed E-state index contributed by atoms with van der Waals surface area (Å²) in [5.74, 6) is 0.616. The second-order valence-electron chi connectivity index (χ2n) is 12.6. The molecule has 260 valence electrons. The number of nitrogens with one attached hydrogen (secondary N) is 1. The van der Waals surface area contributed by atoms with Gasteiger partial charge in [0.05, 0.1) is 22.7 Å². The number of benzene rings is 6. The van der Waals surface area contributed by atoms with Gasteiger partial charge in [0.1, 0.15) is 23.1 Å². The van der Waals surface area contributed by atoms with Crippen LogP contribution in [0.2, 0.25) is 10.0 Å². The third-order valence-electron chi connectivity index (χ3n) is 9.07. The fraction of sp³-hybridized carbons (Fsp3) is 0. The molecular weight excluding hydrogens is 733 g/mol. The first kappa shape index (κ1) is 33.6. The molecule has 0 saturated heterocycles. The average molecular weight is 761 g/mol. The molecule has 6 aromatic carbocycles. The first-order valence-corrected chi connectivity index (χ1v) is 18.6. The number of aliphatic imine (C=N–C) groups is 2. The Bertz CT molecular complexity index is 2420.